The molecule has 1 fully saturated rings. The fourth-order valence-corrected chi connectivity index (χ4v) is 4.63. The summed E-state index contributed by atoms with van der Waals surface area (Å²) in [6.07, 6.45) is 3.97. The van der Waals surface area contributed by atoms with Crippen LogP contribution in [0.15, 0.2) is 4.90 Å². The molecule has 0 aromatic carbocycles. The minimum absolute atomic E-state index is 0.0921. The van der Waals surface area contributed by atoms with Gasteiger partial charge in [0.15, 0.2) is 15.7 Å². The molecule has 0 amide bonds. The van der Waals surface area contributed by atoms with Crippen molar-refractivity contribution in [3.8, 4) is 0 Å². The van der Waals surface area contributed by atoms with Crippen molar-refractivity contribution in [2.24, 2.45) is 5.92 Å². The van der Waals surface area contributed by atoms with Crippen LogP contribution >= 0.6 is 11.5 Å². The Morgan fingerprint density at radius 2 is 2.24 bits per heavy atom. The summed E-state index contributed by atoms with van der Waals surface area (Å²) in [4.78, 5) is 0.160. The molecule has 2 rings (SSSR count). The van der Waals surface area contributed by atoms with Gasteiger partial charge < -0.3 is 15.8 Å². The largest absolute Gasteiger partial charge is 0.382 e. The summed E-state index contributed by atoms with van der Waals surface area (Å²) < 4.78 is 33.8. The molecule has 0 atom stereocenters. The molecule has 1 aromatic rings. The van der Waals surface area contributed by atoms with Crippen molar-refractivity contribution in [1.82, 2.24) is 4.37 Å². The van der Waals surface area contributed by atoms with Gasteiger partial charge in [0.1, 0.15) is 9.90 Å². The van der Waals surface area contributed by atoms with E-state index in [1.807, 2.05) is 6.92 Å². The van der Waals surface area contributed by atoms with Gasteiger partial charge >= 0.3 is 0 Å². The number of hydrogen-bond acceptors (Lipinski definition) is 7. The Hall–Kier alpha value is -0.860. The van der Waals surface area contributed by atoms with E-state index in [9.17, 15) is 8.42 Å². The third-order valence-electron chi connectivity index (χ3n) is 3.26. The minimum Gasteiger partial charge on any atom is -0.382 e. The van der Waals surface area contributed by atoms with Crippen molar-refractivity contribution in [1.29, 1.82) is 0 Å². The molecule has 0 radical (unpaired) electrons. The molecule has 0 spiro atoms. The fourth-order valence-electron chi connectivity index (χ4n) is 1.99. The van der Waals surface area contributed by atoms with Crippen LogP contribution in [-0.2, 0) is 14.6 Å². The lowest BCUT2D eigenvalue weighted by Crippen LogP contribution is -2.12. The number of ether oxygens (including phenoxy) is 1. The Kier molecular flexibility index (Phi) is 5.83. The highest BCUT2D eigenvalue weighted by molar-refractivity contribution is 7.91. The van der Waals surface area contributed by atoms with E-state index in [1.54, 1.807) is 0 Å². The summed E-state index contributed by atoms with van der Waals surface area (Å²) in [6, 6.07) is 0. The van der Waals surface area contributed by atoms with Crippen LogP contribution in [0.25, 0.3) is 0 Å². The predicted octanol–water partition coefficient (Wildman–Crippen LogP) is 2.14. The van der Waals surface area contributed by atoms with Gasteiger partial charge in [0.2, 0.25) is 0 Å². The molecule has 0 saturated heterocycles. The van der Waals surface area contributed by atoms with Gasteiger partial charge in [-0.1, -0.05) is 6.92 Å². The van der Waals surface area contributed by atoms with Crippen molar-refractivity contribution in [2.75, 3.05) is 36.6 Å². The molecule has 1 aliphatic rings. The number of anilines is 2. The third kappa shape index (κ3) is 4.82. The normalized spacial score (nSPS) is 15.3. The van der Waals surface area contributed by atoms with E-state index in [2.05, 4.69) is 9.69 Å². The molecule has 3 N–H and O–H groups in total. The number of nitrogen functional groups attached to an aromatic ring is 1. The quantitative estimate of drug-likeness (QED) is 0.637. The molecule has 21 heavy (non-hydrogen) atoms. The Balaban J connectivity index is 1.82. The Morgan fingerprint density at radius 1 is 1.48 bits per heavy atom. The second-order valence-electron chi connectivity index (χ2n) is 5.34. The molecule has 0 bridgehead atoms. The van der Waals surface area contributed by atoms with E-state index in [1.165, 1.54) is 12.8 Å². The summed E-state index contributed by atoms with van der Waals surface area (Å²) in [7, 11) is -3.35. The molecular formula is C13H23N3O3S2. The molecule has 1 saturated carbocycles. The number of hydrogen-bond donors (Lipinski definition) is 2. The molecule has 8 heteroatoms. The highest BCUT2D eigenvalue weighted by atomic mass is 32.2. The lowest BCUT2D eigenvalue weighted by atomic mass is 10.4. The molecule has 1 aliphatic carbocycles. The van der Waals surface area contributed by atoms with E-state index in [0.717, 1.165) is 30.5 Å². The number of rotatable bonds is 10. The SMILES string of the molecule is CCCS(=O)(=O)c1c(N)nsc1NCCCOCC1CC1. The zero-order chi connectivity index (χ0) is 15.3. The number of nitrogens with two attached hydrogens (primary N) is 1. The number of sulfone groups is 1. The van der Waals surface area contributed by atoms with Crippen molar-refractivity contribution in [2.45, 2.75) is 37.5 Å². The third-order valence-corrected chi connectivity index (χ3v) is 6.19. The predicted molar refractivity (Wildman–Crippen MR) is 85.5 cm³/mol. The maximum absolute atomic E-state index is 12.2. The topological polar surface area (TPSA) is 94.3 Å². The summed E-state index contributed by atoms with van der Waals surface area (Å²) in [5, 5.41) is 3.66. The van der Waals surface area contributed by atoms with Crippen LogP contribution in [0.2, 0.25) is 0 Å². The first-order chi connectivity index (χ1) is 10.0. The van der Waals surface area contributed by atoms with Gasteiger partial charge in [-0.25, -0.2) is 8.42 Å². The van der Waals surface area contributed by atoms with E-state index >= 15 is 0 Å². The number of nitrogens with zero attached hydrogens (tertiary/aromatic N) is 1. The van der Waals surface area contributed by atoms with Gasteiger partial charge in [0.25, 0.3) is 0 Å². The van der Waals surface area contributed by atoms with Crippen molar-refractivity contribution < 1.29 is 13.2 Å². The molecular weight excluding hydrogens is 310 g/mol. The van der Waals surface area contributed by atoms with Gasteiger partial charge in [-0.3, -0.25) is 0 Å². The second kappa shape index (κ2) is 7.42. The number of aromatic nitrogens is 1. The molecule has 0 unspecified atom stereocenters. The lowest BCUT2D eigenvalue weighted by Gasteiger charge is -2.08. The van der Waals surface area contributed by atoms with Crippen LogP contribution in [-0.4, -0.2) is 38.3 Å². The van der Waals surface area contributed by atoms with E-state index in [0.29, 0.717) is 24.6 Å². The first-order valence-electron chi connectivity index (χ1n) is 7.34. The number of nitrogens with one attached hydrogen (secondary N) is 1. The van der Waals surface area contributed by atoms with Crippen LogP contribution < -0.4 is 11.1 Å². The van der Waals surface area contributed by atoms with Crippen LogP contribution in [0.3, 0.4) is 0 Å². The van der Waals surface area contributed by atoms with Crippen molar-refractivity contribution in [3.63, 3.8) is 0 Å². The standard InChI is InChI=1S/C13H23N3O3S2/c1-2-8-21(17,18)11-12(14)16-20-13(11)15-6-3-7-19-9-10-4-5-10/h10,15H,2-9H2,1H3,(H2,14,16). The summed E-state index contributed by atoms with van der Waals surface area (Å²) in [5.74, 6) is 0.959. The van der Waals surface area contributed by atoms with E-state index < -0.39 is 9.84 Å². The summed E-state index contributed by atoms with van der Waals surface area (Å²) in [5.41, 5.74) is 5.71. The van der Waals surface area contributed by atoms with Gasteiger partial charge in [-0.15, -0.1) is 0 Å². The second-order valence-corrected chi connectivity index (χ2v) is 8.16. The molecule has 120 valence electrons. The van der Waals surface area contributed by atoms with E-state index in [4.69, 9.17) is 10.5 Å². The molecule has 0 aliphatic heterocycles. The van der Waals surface area contributed by atoms with Crippen LogP contribution in [0.4, 0.5) is 10.8 Å². The highest BCUT2D eigenvalue weighted by Crippen LogP contribution is 2.32. The Morgan fingerprint density at radius 3 is 2.90 bits per heavy atom. The van der Waals surface area contributed by atoms with Crippen molar-refractivity contribution in [3.05, 3.63) is 0 Å². The molecule has 1 aromatic heterocycles. The summed E-state index contributed by atoms with van der Waals surface area (Å²) >= 11 is 1.10. The first kappa shape index (κ1) is 16.5. The average Bonchev–Trinajstić information content (AvgIpc) is 3.16. The van der Waals surface area contributed by atoms with Crippen molar-refractivity contribution >= 4 is 32.2 Å². The van der Waals surface area contributed by atoms with Crippen LogP contribution in [0.5, 0.6) is 0 Å². The smallest absolute Gasteiger partial charge is 0.185 e. The molecule has 1 heterocycles. The van der Waals surface area contributed by atoms with E-state index in [-0.39, 0.29) is 16.5 Å². The zero-order valence-electron chi connectivity index (χ0n) is 12.3. The highest BCUT2D eigenvalue weighted by Gasteiger charge is 2.24. The van der Waals surface area contributed by atoms with Gasteiger partial charge in [0, 0.05) is 19.8 Å². The Labute approximate surface area is 130 Å². The van der Waals surface area contributed by atoms with Crippen LogP contribution in [0.1, 0.15) is 32.6 Å². The monoisotopic (exact) mass is 333 g/mol. The van der Waals surface area contributed by atoms with Crippen LogP contribution in [0, 0.1) is 5.92 Å². The lowest BCUT2D eigenvalue weighted by molar-refractivity contribution is 0.124. The maximum Gasteiger partial charge on any atom is 0.185 e. The van der Waals surface area contributed by atoms with Gasteiger partial charge in [-0.05, 0) is 43.1 Å². The average molecular weight is 333 g/mol. The fraction of sp³-hybridized carbons (Fsp3) is 0.769. The zero-order valence-corrected chi connectivity index (χ0v) is 13.9. The minimum atomic E-state index is -3.35. The van der Waals surface area contributed by atoms with Gasteiger partial charge in [0.05, 0.1) is 5.75 Å². The Bertz CT molecular complexity index is 553. The summed E-state index contributed by atoms with van der Waals surface area (Å²) in [6.45, 7) is 4.03. The van der Waals surface area contributed by atoms with Gasteiger partial charge in [-0.2, -0.15) is 4.37 Å². The maximum atomic E-state index is 12.2. The molecule has 6 nitrogen and oxygen atoms in total. The first-order valence-corrected chi connectivity index (χ1v) is 9.76.